The van der Waals surface area contributed by atoms with E-state index in [0.717, 1.165) is 60.3 Å². The third-order valence-corrected chi connectivity index (χ3v) is 5.61. The van der Waals surface area contributed by atoms with Gasteiger partial charge in [0, 0.05) is 47.8 Å². The van der Waals surface area contributed by atoms with E-state index in [0.29, 0.717) is 24.2 Å². The highest BCUT2D eigenvalue weighted by molar-refractivity contribution is 5.91. The molecule has 176 valence electrons. The van der Waals surface area contributed by atoms with E-state index in [1.807, 2.05) is 50.6 Å². The molecule has 1 aliphatic heterocycles. The van der Waals surface area contributed by atoms with Gasteiger partial charge in [0.1, 0.15) is 17.3 Å². The van der Waals surface area contributed by atoms with Gasteiger partial charge >= 0.3 is 0 Å². The van der Waals surface area contributed by atoms with Gasteiger partial charge in [0.25, 0.3) is 5.56 Å². The number of rotatable bonds is 7. The molecule has 0 spiro atoms. The summed E-state index contributed by atoms with van der Waals surface area (Å²) < 4.78 is 20.5. The van der Waals surface area contributed by atoms with Gasteiger partial charge in [-0.2, -0.15) is 0 Å². The van der Waals surface area contributed by atoms with Crippen LogP contribution in [0.3, 0.4) is 0 Å². The van der Waals surface area contributed by atoms with Crippen LogP contribution >= 0.6 is 0 Å². The van der Waals surface area contributed by atoms with Crippen molar-refractivity contribution in [3.05, 3.63) is 75.5 Å². The average Bonchev–Trinajstić information content (AvgIpc) is 3.24. The van der Waals surface area contributed by atoms with Crippen LogP contribution in [0.25, 0.3) is 16.5 Å². The summed E-state index contributed by atoms with van der Waals surface area (Å²) in [4.78, 5) is 17.5. The number of nitrogens with zero attached hydrogens (tertiary/aromatic N) is 3. The molecular weight excluding hydrogens is 419 g/mol. The van der Waals surface area contributed by atoms with Crippen molar-refractivity contribution in [3.63, 3.8) is 0 Å². The number of benzene rings is 1. The van der Waals surface area contributed by atoms with Gasteiger partial charge in [-0.1, -0.05) is 32.0 Å². The highest BCUT2D eigenvalue weighted by Gasteiger charge is 2.16. The van der Waals surface area contributed by atoms with E-state index >= 15 is 0 Å². The van der Waals surface area contributed by atoms with Gasteiger partial charge in [0.2, 0.25) is 0 Å². The predicted octanol–water partition coefficient (Wildman–Crippen LogP) is 5.33. The lowest BCUT2D eigenvalue weighted by Gasteiger charge is -2.19. The molecule has 3 heterocycles. The van der Waals surface area contributed by atoms with Crippen LogP contribution in [-0.2, 0) is 19.4 Å². The Balaban J connectivity index is 0.00000149. The number of fused-ring (bicyclic) bond motifs is 2. The Kier molecular flexibility index (Phi) is 8.58. The Morgan fingerprint density at radius 1 is 1.30 bits per heavy atom. The summed E-state index contributed by atoms with van der Waals surface area (Å²) in [6.45, 7) is 9.35. The molecule has 0 fully saturated rings. The fourth-order valence-corrected chi connectivity index (χ4v) is 4.03. The molecule has 0 amide bonds. The number of nitrogens with one attached hydrogen (secondary N) is 1. The van der Waals surface area contributed by atoms with Gasteiger partial charge in [0.05, 0.1) is 0 Å². The van der Waals surface area contributed by atoms with Crippen LogP contribution in [0.4, 0.5) is 4.39 Å². The molecule has 0 saturated heterocycles. The van der Waals surface area contributed by atoms with Crippen molar-refractivity contribution in [1.29, 1.82) is 0 Å². The molecule has 3 aromatic rings. The van der Waals surface area contributed by atoms with E-state index in [4.69, 9.17) is 4.52 Å². The lowest BCUT2D eigenvalue weighted by Crippen LogP contribution is -2.33. The van der Waals surface area contributed by atoms with Gasteiger partial charge in [0.15, 0.2) is 5.58 Å². The molecule has 7 heteroatoms. The van der Waals surface area contributed by atoms with Crippen LogP contribution in [0.15, 0.2) is 45.9 Å². The topological polar surface area (TPSA) is 73.0 Å². The van der Waals surface area contributed by atoms with Gasteiger partial charge in [-0.05, 0) is 57.0 Å². The molecule has 0 aliphatic carbocycles. The van der Waals surface area contributed by atoms with Crippen molar-refractivity contribution in [2.75, 3.05) is 6.54 Å². The van der Waals surface area contributed by atoms with Crippen LogP contribution in [0, 0.1) is 12.7 Å². The molecule has 1 N–H and O–H groups in total. The minimum absolute atomic E-state index is 0.0980. The third-order valence-electron chi connectivity index (χ3n) is 5.61. The van der Waals surface area contributed by atoms with Crippen molar-refractivity contribution in [3.8, 4) is 0 Å². The second-order valence-corrected chi connectivity index (χ2v) is 7.78. The van der Waals surface area contributed by atoms with Crippen LogP contribution in [0.2, 0.25) is 0 Å². The largest absolute Gasteiger partial charge is 0.391 e. The maximum Gasteiger partial charge on any atom is 0.256 e. The van der Waals surface area contributed by atoms with Crippen molar-refractivity contribution in [1.82, 2.24) is 20.0 Å². The summed E-state index contributed by atoms with van der Waals surface area (Å²) in [6, 6.07) is 4.42. The summed E-state index contributed by atoms with van der Waals surface area (Å²) >= 11 is 0. The Morgan fingerprint density at radius 3 is 2.91 bits per heavy atom. The Labute approximate surface area is 194 Å². The smallest absolute Gasteiger partial charge is 0.256 e. The van der Waals surface area contributed by atoms with Gasteiger partial charge in [-0.15, -0.1) is 0 Å². The molecule has 33 heavy (non-hydrogen) atoms. The third kappa shape index (κ3) is 5.59. The van der Waals surface area contributed by atoms with Crippen LogP contribution < -0.4 is 10.9 Å². The first kappa shape index (κ1) is 24.4. The summed E-state index contributed by atoms with van der Waals surface area (Å²) in [5.41, 5.74) is 3.71. The second-order valence-electron chi connectivity index (χ2n) is 7.78. The minimum Gasteiger partial charge on any atom is -0.391 e. The quantitative estimate of drug-likeness (QED) is 0.387. The lowest BCUT2D eigenvalue weighted by atomic mass is 10.1. The van der Waals surface area contributed by atoms with Crippen LogP contribution in [-0.4, -0.2) is 21.3 Å². The Bertz CT molecular complexity index is 1210. The molecule has 2 aromatic heterocycles. The molecule has 0 radical (unpaired) electrons. The molecule has 6 nitrogen and oxygen atoms in total. The molecule has 0 atom stereocenters. The van der Waals surface area contributed by atoms with E-state index in [2.05, 4.69) is 15.5 Å². The predicted molar refractivity (Wildman–Crippen MR) is 131 cm³/mol. The number of aryl methyl sites for hydroxylation is 2. The lowest BCUT2D eigenvalue weighted by molar-refractivity contribution is 0.452. The summed E-state index contributed by atoms with van der Waals surface area (Å²) in [7, 11) is 0. The van der Waals surface area contributed by atoms with E-state index in [1.165, 1.54) is 12.1 Å². The standard InChI is InChI=1S/C24H27FN4O2.C2H6/c1-3-6-17(23-20-9-8-18(25)15-21(20)31-28-23)10-12-26-13-11-19-16(2)27-22-7-4-5-14-29(22)24(19)30;1-2/h6,8-10,12,15,26H,3-5,7,11,13-14H2,1-2H3;1-2H3/b12-10-,17-6+;. The number of hydrogen-bond donors (Lipinski definition) is 1. The maximum atomic E-state index is 13.4. The molecule has 0 bridgehead atoms. The zero-order valence-corrected chi connectivity index (χ0v) is 19.9. The summed E-state index contributed by atoms with van der Waals surface area (Å²) in [5.74, 6) is 0.565. The minimum atomic E-state index is -0.351. The van der Waals surface area contributed by atoms with E-state index in [1.54, 1.807) is 6.07 Å². The van der Waals surface area contributed by atoms with E-state index in [-0.39, 0.29) is 11.4 Å². The Hall–Kier alpha value is -3.22. The van der Waals surface area contributed by atoms with Crippen molar-refractivity contribution >= 4 is 16.5 Å². The van der Waals surface area contributed by atoms with Crippen LogP contribution in [0.5, 0.6) is 0 Å². The zero-order valence-electron chi connectivity index (χ0n) is 19.9. The fraction of sp³-hybridized carbons (Fsp3) is 0.423. The zero-order chi connectivity index (χ0) is 23.8. The highest BCUT2D eigenvalue weighted by atomic mass is 19.1. The number of halogens is 1. The number of aromatic nitrogens is 3. The molecule has 1 aromatic carbocycles. The van der Waals surface area contributed by atoms with E-state index in [9.17, 15) is 9.18 Å². The first-order valence-corrected chi connectivity index (χ1v) is 11.8. The van der Waals surface area contributed by atoms with Crippen molar-refractivity contribution in [2.45, 2.75) is 66.3 Å². The molecular formula is C26H33FN4O2. The van der Waals surface area contributed by atoms with Gasteiger partial charge in [-0.3, -0.25) is 9.36 Å². The molecule has 0 saturated carbocycles. The molecule has 1 aliphatic rings. The van der Waals surface area contributed by atoms with Crippen molar-refractivity contribution < 1.29 is 8.91 Å². The van der Waals surface area contributed by atoms with Gasteiger partial charge in [-0.25, -0.2) is 9.37 Å². The van der Waals surface area contributed by atoms with Crippen LogP contribution in [0.1, 0.15) is 62.8 Å². The van der Waals surface area contributed by atoms with Crippen molar-refractivity contribution in [2.24, 2.45) is 0 Å². The SMILES string of the molecule is CC.CC/C=C(\C=C/NCCc1c(C)nc2n(c1=O)CCCC2)c1noc2cc(F)ccc12. The Morgan fingerprint density at radius 2 is 2.12 bits per heavy atom. The monoisotopic (exact) mass is 452 g/mol. The summed E-state index contributed by atoms with van der Waals surface area (Å²) in [6.07, 6.45) is 10.3. The fourth-order valence-electron chi connectivity index (χ4n) is 4.03. The number of hydrogen-bond acceptors (Lipinski definition) is 5. The first-order chi connectivity index (χ1) is 16.1. The second kappa shape index (κ2) is 11.6. The average molecular weight is 453 g/mol. The maximum absolute atomic E-state index is 13.4. The number of allylic oxidation sites excluding steroid dienone is 3. The normalized spacial score (nSPS) is 13.7. The highest BCUT2D eigenvalue weighted by Crippen LogP contribution is 2.26. The summed E-state index contributed by atoms with van der Waals surface area (Å²) in [5, 5.41) is 8.16. The van der Waals surface area contributed by atoms with Gasteiger partial charge < -0.3 is 9.84 Å². The first-order valence-electron chi connectivity index (χ1n) is 11.8. The molecule has 0 unspecified atom stereocenters. The molecule has 4 rings (SSSR count). The van der Waals surface area contributed by atoms with E-state index < -0.39 is 0 Å².